The molecule has 0 spiro atoms. The van der Waals surface area contributed by atoms with Crippen molar-refractivity contribution in [2.24, 2.45) is 0 Å². The van der Waals surface area contributed by atoms with Gasteiger partial charge in [0.05, 0.1) is 7.11 Å². The Balaban J connectivity index is 1.74. The number of hydrogen-bond acceptors (Lipinski definition) is 3. The van der Waals surface area contributed by atoms with E-state index in [9.17, 15) is 0 Å². The van der Waals surface area contributed by atoms with Crippen LogP contribution in [0.15, 0.2) is 54.6 Å². The van der Waals surface area contributed by atoms with Crippen molar-refractivity contribution >= 4 is 0 Å². The maximum Gasteiger partial charge on any atom is 0.118 e. The van der Waals surface area contributed by atoms with E-state index in [4.69, 9.17) is 4.74 Å². The molecule has 122 valence electrons. The first-order valence-electron chi connectivity index (χ1n) is 8.49. The minimum atomic E-state index is 0.475. The molecule has 0 aromatic heterocycles. The highest BCUT2D eigenvalue weighted by Gasteiger charge is 2.22. The fraction of sp³-hybridized carbons (Fsp3) is 0.400. The number of rotatable bonds is 6. The van der Waals surface area contributed by atoms with E-state index in [-0.39, 0.29) is 0 Å². The lowest BCUT2D eigenvalue weighted by atomic mass is 9.97. The van der Waals surface area contributed by atoms with Gasteiger partial charge in [-0.3, -0.25) is 4.90 Å². The predicted octanol–water partition coefficient (Wildman–Crippen LogP) is 3.27. The van der Waals surface area contributed by atoms with Gasteiger partial charge in [-0.1, -0.05) is 42.5 Å². The van der Waals surface area contributed by atoms with Crippen LogP contribution in [0.3, 0.4) is 0 Å². The normalized spacial score (nSPS) is 16.9. The Kier molecular flexibility index (Phi) is 5.67. The van der Waals surface area contributed by atoms with Gasteiger partial charge in [-0.25, -0.2) is 0 Å². The first-order valence-corrected chi connectivity index (χ1v) is 8.49. The van der Waals surface area contributed by atoms with Crippen LogP contribution in [0.1, 0.15) is 23.6 Å². The van der Waals surface area contributed by atoms with Crippen LogP contribution in [0.25, 0.3) is 0 Å². The van der Waals surface area contributed by atoms with E-state index >= 15 is 0 Å². The van der Waals surface area contributed by atoms with Crippen LogP contribution in [-0.4, -0.2) is 38.2 Å². The van der Waals surface area contributed by atoms with Gasteiger partial charge in [-0.2, -0.15) is 0 Å². The average molecular weight is 310 g/mol. The molecule has 2 aromatic carbocycles. The number of hydrogen-bond donors (Lipinski definition) is 1. The maximum atomic E-state index is 5.30. The number of nitrogens with one attached hydrogen (secondary N) is 1. The molecule has 0 bridgehead atoms. The summed E-state index contributed by atoms with van der Waals surface area (Å²) in [7, 11) is 1.72. The van der Waals surface area contributed by atoms with Gasteiger partial charge >= 0.3 is 0 Å². The standard InChI is InChI=1S/C20H26N2O/c1-23-19-10-8-18(9-11-19)20(22-15-13-21-14-16-22)12-7-17-5-3-2-4-6-17/h2-6,8-11,20-21H,7,12-16H2,1H3/t20-/m1/s1. The molecule has 0 radical (unpaired) electrons. The summed E-state index contributed by atoms with van der Waals surface area (Å²) < 4.78 is 5.30. The van der Waals surface area contributed by atoms with Crippen LogP contribution < -0.4 is 10.1 Å². The first-order chi connectivity index (χ1) is 11.4. The maximum absolute atomic E-state index is 5.30. The second-order valence-corrected chi connectivity index (χ2v) is 6.10. The smallest absolute Gasteiger partial charge is 0.118 e. The molecule has 1 atom stereocenters. The molecule has 3 heteroatoms. The number of aryl methyl sites for hydroxylation is 1. The quantitative estimate of drug-likeness (QED) is 0.886. The molecular formula is C20H26N2O. The third kappa shape index (κ3) is 4.34. The highest BCUT2D eigenvalue weighted by molar-refractivity contribution is 5.29. The van der Waals surface area contributed by atoms with E-state index in [2.05, 4.69) is 64.8 Å². The van der Waals surface area contributed by atoms with E-state index < -0.39 is 0 Å². The fourth-order valence-electron chi connectivity index (χ4n) is 3.33. The Hall–Kier alpha value is -1.84. The van der Waals surface area contributed by atoms with Gasteiger partial charge in [-0.15, -0.1) is 0 Å². The zero-order valence-electron chi connectivity index (χ0n) is 13.9. The van der Waals surface area contributed by atoms with Crippen molar-refractivity contribution < 1.29 is 4.74 Å². The van der Waals surface area contributed by atoms with Gasteiger partial charge in [0.2, 0.25) is 0 Å². The molecular weight excluding hydrogens is 284 g/mol. The molecule has 0 saturated carbocycles. The van der Waals surface area contributed by atoms with Crippen molar-refractivity contribution in [3.63, 3.8) is 0 Å². The SMILES string of the molecule is COc1ccc([C@@H](CCc2ccccc2)N2CCNCC2)cc1. The summed E-state index contributed by atoms with van der Waals surface area (Å²) in [6.45, 7) is 4.40. The van der Waals surface area contributed by atoms with Gasteiger partial charge < -0.3 is 10.1 Å². The van der Waals surface area contributed by atoms with E-state index in [1.54, 1.807) is 7.11 Å². The van der Waals surface area contributed by atoms with Crippen molar-refractivity contribution in [2.45, 2.75) is 18.9 Å². The van der Waals surface area contributed by atoms with Gasteiger partial charge in [0.25, 0.3) is 0 Å². The van der Waals surface area contributed by atoms with Crippen LogP contribution in [0.5, 0.6) is 5.75 Å². The largest absolute Gasteiger partial charge is 0.497 e. The molecule has 1 aliphatic heterocycles. The Morgan fingerprint density at radius 2 is 1.70 bits per heavy atom. The second kappa shape index (κ2) is 8.14. The van der Waals surface area contributed by atoms with Gasteiger partial charge in [0.1, 0.15) is 5.75 Å². The molecule has 0 amide bonds. The molecule has 3 rings (SSSR count). The van der Waals surface area contributed by atoms with Crippen LogP contribution in [0.4, 0.5) is 0 Å². The van der Waals surface area contributed by atoms with Crippen molar-refractivity contribution in [1.29, 1.82) is 0 Å². The van der Waals surface area contributed by atoms with Crippen LogP contribution in [0, 0.1) is 0 Å². The molecule has 3 nitrogen and oxygen atoms in total. The lowest BCUT2D eigenvalue weighted by Crippen LogP contribution is -2.45. The second-order valence-electron chi connectivity index (χ2n) is 6.10. The fourth-order valence-corrected chi connectivity index (χ4v) is 3.33. The van der Waals surface area contributed by atoms with Crippen molar-refractivity contribution in [3.8, 4) is 5.75 Å². The zero-order chi connectivity index (χ0) is 15.9. The number of methoxy groups -OCH3 is 1. The molecule has 23 heavy (non-hydrogen) atoms. The number of nitrogens with zero attached hydrogens (tertiary/aromatic N) is 1. The summed E-state index contributed by atoms with van der Waals surface area (Å²) in [4.78, 5) is 2.61. The molecule has 0 unspecified atom stereocenters. The predicted molar refractivity (Wildman–Crippen MR) is 94.9 cm³/mol. The lowest BCUT2D eigenvalue weighted by Gasteiger charge is -2.35. The molecule has 2 aromatic rings. The van der Waals surface area contributed by atoms with Crippen molar-refractivity contribution in [3.05, 3.63) is 65.7 Å². The van der Waals surface area contributed by atoms with E-state index in [1.807, 2.05) is 0 Å². The molecule has 1 heterocycles. The molecule has 1 N–H and O–H groups in total. The molecule has 1 saturated heterocycles. The summed E-state index contributed by atoms with van der Waals surface area (Å²) in [5.41, 5.74) is 2.81. The summed E-state index contributed by atoms with van der Waals surface area (Å²) in [5.74, 6) is 0.927. The van der Waals surface area contributed by atoms with Crippen molar-refractivity contribution in [2.75, 3.05) is 33.3 Å². The zero-order valence-corrected chi connectivity index (χ0v) is 13.9. The third-order valence-electron chi connectivity index (χ3n) is 4.64. The summed E-state index contributed by atoms with van der Waals surface area (Å²) in [6, 6.07) is 19.9. The summed E-state index contributed by atoms with van der Waals surface area (Å²) in [6.07, 6.45) is 2.26. The average Bonchev–Trinajstić information content (AvgIpc) is 2.64. The van der Waals surface area contributed by atoms with E-state index in [0.29, 0.717) is 6.04 Å². The topological polar surface area (TPSA) is 24.5 Å². The van der Waals surface area contributed by atoms with Crippen LogP contribution >= 0.6 is 0 Å². The summed E-state index contributed by atoms with van der Waals surface area (Å²) in [5, 5.41) is 3.45. The minimum Gasteiger partial charge on any atom is -0.497 e. The number of ether oxygens (including phenoxy) is 1. The van der Waals surface area contributed by atoms with Gasteiger partial charge in [0.15, 0.2) is 0 Å². The highest BCUT2D eigenvalue weighted by Crippen LogP contribution is 2.28. The Morgan fingerprint density at radius 1 is 1.00 bits per heavy atom. The molecule has 0 aliphatic carbocycles. The summed E-state index contributed by atoms with van der Waals surface area (Å²) >= 11 is 0. The Labute approximate surface area is 139 Å². The Bertz CT molecular complexity index is 576. The number of piperazine rings is 1. The Morgan fingerprint density at radius 3 is 2.35 bits per heavy atom. The minimum absolute atomic E-state index is 0.475. The third-order valence-corrected chi connectivity index (χ3v) is 4.64. The lowest BCUT2D eigenvalue weighted by molar-refractivity contribution is 0.165. The molecule has 1 aliphatic rings. The highest BCUT2D eigenvalue weighted by atomic mass is 16.5. The van der Waals surface area contributed by atoms with Gasteiger partial charge in [0, 0.05) is 32.2 Å². The van der Waals surface area contributed by atoms with Crippen molar-refractivity contribution in [1.82, 2.24) is 10.2 Å². The first kappa shape index (κ1) is 16.0. The molecule has 1 fully saturated rings. The van der Waals surface area contributed by atoms with E-state index in [0.717, 1.165) is 44.8 Å². The monoisotopic (exact) mass is 310 g/mol. The van der Waals surface area contributed by atoms with E-state index in [1.165, 1.54) is 11.1 Å². The van der Waals surface area contributed by atoms with Gasteiger partial charge in [-0.05, 0) is 36.1 Å². The van der Waals surface area contributed by atoms with Crippen LogP contribution in [-0.2, 0) is 6.42 Å². The van der Waals surface area contributed by atoms with Crippen LogP contribution in [0.2, 0.25) is 0 Å². The number of benzene rings is 2.